The van der Waals surface area contributed by atoms with Gasteiger partial charge in [0.05, 0.1) is 0 Å². The summed E-state index contributed by atoms with van der Waals surface area (Å²) in [5, 5.41) is 8.28. The predicted octanol–water partition coefficient (Wildman–Crippen LogP) is 4.10. The molecule has 0 radical (unpaired) electrons. The van der Waals surface area contributed by atoms with E-state index in [1.54, 1.807) is 0 Å². The number of rotatable bonds is 1. The Morgan fingerprint density at radius 3 is 1.10 bits per heavy atom. The summed E-state index contributed by atoms with van der Waals surface area (Å²) in [6.45, 7) is 0. The highest BCUT2D eigenvalue weighted by molar-refractivity contribution is 5.77. The number of alkyl halides is 15. The fourth-order valence-corrected chi connectivity index (χ4v) is 2.82. The SMILES string of the molecule is O=C(O)C1(C(F)(F)F)OC(F)(F)C2(C(F)(F)O1)C(F)(F)C(F)(F)C(F)(F)C2(F)F. The molecule has 170 valence electrons. The highest BCUT2D eigenvalue weighted by Gasteiger charge is 3.11. The third kappa shape index (κ3) is 2.00. The summed E-state index contributed by atoms with van der Waals surface area (Å²) >= 11 is 0. The Bertz CT molecular complexity index is 692. The van der Waals surface area contributed by atoms with Crippen molar-refractivity contribution < 1.29 is 85.2 Å². The maximum absolute atomic E-state index is 14.0. The van der Waals surface area contributed by atoms with Crippen LogP contribution in [0.25, 0.3) is 0 Å². The number of carboxylic acids is 1. The summed E-state index contributed by atoms with van der Waals surface area (Å²) in [4.78, 5) is 10.6. The normalized spacial score (nSPS) is 32.1. The number of carboxylic acid groups (broad SMARTS) is 1. The lowest BCUT2D eigenvalue weighted by Crippen LogP contribution is -2.80. The van der Waals surface area contributed by atoms with Crippen LogP contribution >= 0.6 is 0 Å². The fourth-order valence-electron chi connectivity index (χ4n) is 2.82. The van der Waals surface area contributed by atoms with E-state index >= 15 is 0 Å². The highest BCUT2D eigenvalue weighted by Crippen LogP contribution is 2.81. The number of halogens is 15. The second-order valence-corrected chi connectivity index (χ2v) is 5.70. The van der Waals surface area contributed by atoms with E-state index in [9.17, 15) is 70.7 Å². The molecule has 1 aliphatic heterocycles. The van der Waals surface area contributed by atoms with Gasteiger partial charge in [-0.1, -0.05) is 0 Å². The zero-order chi connectivity index (χ0) is 23.5. The van der Waals surface area contributed by atoms with Crippen molar-refractivity contribution in [3.63, 3.8) is 0 Å². The number of aliphatic carboxylic acids is 1. The van der Waals surface area contributed by atoms with Gasteiger partial charge in [0.15, 0.2) is 0 Å². The van der Waals surface area contributed by atoms with Gasteiger partial charge in [0.25, 0.3) is 5.41 Å². The Morgan fingerprint density at radius 2 is 0.897 bits per heavy atom. The topological polar surface area (TPSA) is 55.8 Å². The number of hydrogen-bond acceptors (Lipinski definition) is 3. The van der Waals surface area contributed by atoms with E-state index in [1.165, 1.54) is 0 Å². The van der Waals surface area contributed by atoms with Crippen molar-refractivity contribution in [3.05, 3.63) is 0 Å². The molecule has 1 aliphatic carbocycles. The summed E-state index contributed by atoms with van der Waals surface area (Å²) in [6.07, 6.45) is -22.5. The minimum Gasteiger partial charge on any atom is -0.477 e. The van der Waals surface area contributed by atoms with Gasteiger partial charge in [-0.3, -0.25) is 9.47 Å². The molecule has 2 fully saturated rings. The largest absolute Gasteiger partial charge is 0.477 e. The van der Waals surface area contributed by atoms with Crippen molar-refractivity contribution in [2.75, 3.05) is 0 Å². The molecule has 0 aromatic rings. The summed E-state index contributed by atoms with van der Waals surface area (Å²) in [7, 11) is 0. The molecule has 2 rings (SSSR count). The van der Waals surface area contributed by atoms with Crippen molar-refractivity contribution in [1.29, 1.82) is 0 Å². The van der Waals surface area contributed by atoms with Gasteiger partial charge in [-0.15, -0.1) is 0 Å². The summed E-state index contributed by atoms with van der Waals surface area (Å²) in [5.74, 6) is -41.7. The Kier molecular flexibility index (Phi) is 4.19. The molecule has 0 aromatic heterocycles. The first-order valence-corrected chi connectivity index (χ1v) is 6.33. The molecule has 0 atom stereocenters. The van der Waals surface area contributed by atoms with Crippen LogP contribution in [0.5, 0.6) is 0 Å². The van der Waals surface area contributed by atoms with Gasteiger partial charge in [-0.05, 0) is 0 Å². The molecular weight excluding hydrogens is 469 g/mol. The molecule has 0 bridgehead atoms. The first-order valence-electron chi connectivity index (χ1n) is 6.33. The first-order chi connectivity index (χ1) is 12.4. The minimum absolute atomic E-state index is 2.13. The van der Waals surface area contributed by atoms with Crippen molar-refractivity contribution >= 4 is 5.97 Å². The Labute approximate surface area is 146 Å². The molecule has 19 heteroatoms. The molecule has 1 saturated heterocycles. The average molecular weight is 470 g/mol. The zero-order valence-electron chi connectivity index (χ0n) is 12.3. The molecular formula is C10HF15O4. The van der Waals surface area contributed by atoms with E-state index in [1.807, 2.05) is 0 Å². The molecule has 1 saturated carbocycles. The molecule has 1 heterocycles. The van der Waals surface area contributed by atoms with Gasteiger partial charge < -0.3 is 5.11 Å². The third-order valence-electron chi connectivity index (χ3n) is 4.20. The molecule has 1 N–H and O–H groups in total. The lowest BCUT2D eigenvalue weighted by Gasteiger charge is -2.53. The van der Waals surface area contributed by atoms with Crippen molar-refractivity contribution in [2.45, 2.75) is 47.9 Å². The molecule has 0 unspecified atom stereocenters. The van der Waals surface area contributed by atoms with Crippen LogP contribution in [-0.4, -0.2) is 58.9 Å². The van der Waals surface area contributed by atoms with Gasteiger partial charge in [-0.25, -0.2) is 4.79 Å². The standard InChI is InChI=1S/C10HF15O4/c11-4(12)3(5(13,14)7(17,18)6(4,15)16)9(22,23)28-2(1(26)27,8(19,20)21)29-10(3,24)25/h(H,26,27). The first kappa shape index (κ1) is 23.6. The van der Waals surface area contributed by atoms with Crippen LogP contribution in [0.15, 0.2) is 0 Å². The molecule has 29 heavy (non-hydrogen) atoms. The summed E-state index contributed by atoms with van der Waals surface area (Å²) in [6, 6.07) is 0. The van der Waals surface area contributed by atoms with Crippen LogP contribution in [0.4, 0.5) is 65.9 Å². The van der Waals surface area contributed by atoms with E-state index in [4.69, 9.17) is 5.11 Å². The van der Waals surface area contributed by atoms with E-state index < -0.39 is 59.3 Å². The molecule has 0 aromatic carbocycles. The summed E-state index contributed by atoms with van der Waals surface area (Å²) < 4.78 is 206. The molecule has 4 nitrogen and oxygen atoms in total. The number of hydrogen-bond donors (Lipinski definition) is 1. The molecule has 2 aliphatic rings. The van der Waals surface area contributed by atoms with Crippen LogP contribution in [-0.2, 0) is 14.3 Å². The Balaban J connectivity index is 3.01. The second kappa shape index (κ2) is 5.14. The smallest absolute Gasteiger partial charge is 0.455 e. The van der Waals surface area contributed by atoms with E-state index in [2.05, 4.69) is 9.47 Å². The number of carbonyl (C=O) groups is 1. The van der Waals surface area contributed by atoms with Crippen LogP contribution in [0.2, 0.25) is 0 Å². The van der Waals surface area contributed by atoms with Crippen LogP contribution in [0.1, 0.15) is 0 Å². The van der Waals surface area contributed by atoms with Gasteiger partial charge in [0.1, 0.15) is 0 Å². The lowest BCUT2D eigenvalue weighted by atomic mass is 9.75. The Hall–Kier alpha value is -1.66. The lowest BCUT2D eigenvalue weighted by molar-refractivity contribution is -0.602. The molecule has 1 spiro atoms. The third-order valence-corrected chi connectivity index (χ3v) is 4.20. The van der Waals surface area contributed by atoms with E-state index in [0.717, 1.165) is 0 Å². The van der Waals surface area contributed by atoms with Crippen molar-refractivity contribution in [3.8, 4) is 0 Å². The van der Waals surface area contributed by atoms with Gasteiger partial charge >= 0.3 is 53.8 Å². The maximum atomic E-state index is 14.0. The van der Waals surface area contributed by atoms with Crippen molar-refractivity contribution in [1.82, 2.24) is 0 Å². The molecule has 0 amide bonds. The van der Waals surface area contributed by atoms with E-state index in [0.29, 0.717) is 0 Å². The van der Waals surface area contributed by atoms with Crippen LogP contribution in [0.3, 0.4) is 0 Å². The monoisotopic (exact) mass is 470 g/mol. The fraction of sp³-hybridized carbons (Fsp3) is 0.900. The summed E-state index contributed by atoms with van der Waals surface area (Å²) in [5.41, 5.74) is -7.81. The van der Waals surface area contributed by atoms with Gasteiger partial charge in [0.2, 0.25) is 0 Å². The number of ether oxygens (including phenoxy) is 2. The Morgan fingerprint density at radius 1 is 0.621 bits per heavy atom. The van der Waals surface area contributed by atoms with Crippen molar-refractivity contribution in [2.24, 2.45) is 5.41 Å². The van der Waals surface area contributed by atoms with Gasteiger partial charge in [-0.2, -0.15) is 65.9 Å². The highest BCUT2D eigenvalue weighted by atomic mass is 19.4. The predicted molar refractivity (Wildman–Crippen MR) is 50.7 cm³/mol. The van der Waals surface area contributed by atoms with Crippen LogP contribution < -0.4 is 0 Å². The zero-order valence-corrected chi connectivity index (χ0v) is 12.3. The average Bonchev–Trinajstić information content (AvgIpc) is 2.47. The quantitative estimate of drug-likeness (QED) is 0.587. The second-order valence-electron chi connectivity index (χ2n) is 5.70. The van der Waals surface area contributed by atoms with Crippen LogP contribution in [0, 0.1) is 5.41 Å². The maximum Gasteiger partial charge on any atom is 0.455 e. The van der Waals surface area contributed by atoms with E-state index in [-0.39, 0.29) is 0 Å². The minimum atomic E-state index is -7.92. The van der Waals surface area contributed by atoms with Gasteiger partial charge in [0, 0.05) is 0 Å².